The van der Waals surface area contributed by atoms with E-state index >= 15 is 0 Å². The van der Waals surface area contributed by atoms with E-state index in [1.54, 1.807) is 29.3 Å². The maximum absolute atomic E-state index is 6.46. The molecule has 1 aliphatic rings. The summed E-state index contributed by atoms with van der Waals surface area (Å²) in [4.78, 5) is 13.8. The van der Waals surface area contributed by atoms with Crippen LogP contribution in [0.3, 0.4) is 0 Å². The summed E-state index contributed by atoms with van der Waals surface area (Å²) in [6.07, 6.45) is 7.66. The van der Waals surface area contributed by atoms with Gasteiger partial charge in [-0.2, -0.15) is 5.10 Å². The zero-order valence-electron chi connectivity index (χ0n) is 22.0. The highest BCUT2D eigenvalue weighted by Gasteiger charge is 2.24. The van der Waals surface area contributed by atoms with Gasteiger partial charge in [-0.15, -0.1) is 5.10 Å². The second-order valence-electron chi connectivity index (χ2n) is 9.91. The Balaban J connectivity index is 1.58. The van der Waals surface area contributed by atoms with E-state index in [1.165, 1.54) is 0 Å². The molecule has 194 valence electrons. The molecule has 5 rings (SSSR count). The lowest BCUT2D eigenvalue weighted by atomic mass is 10.1. The molecular formula is C26H32N8O3. The van der Waals surface area contributed by atoms with Gasteiger partial charge < -0.3 is 19.5 Å². The summed E-state index contributed by atoms with van der Waals surface area (Å²) in [7, 11) is 1.83. The molecule has 37 heavy (non-hydrogen) atoms. The molecule has 4 aromatic rings. The van der Waals surface area contributed by atoms with Gasteiger partial charge in [-0.05, 0) is 40.7 Å². The molecule has 0 saturated heterocycles. The van der Waals surface area contributed by atoms with Gasteiger partial charge in [-0.25, -0.2) is 19.6 Å². The molecule has 1 N–H and O–H groups in total. The Labute approximate surface area is 215 Å². The molecule has 1 atom stereocenters. The van der Waals surface area contributed by atoms with Crippen LogP contribution in [0.4, 0.5) is 11.6 Å². The van der Waals surface area contributed by atoms with E-state index in [4.69, 9.17) is 19.3 Å². The molecule has 0 aliphatic carbocycles. The first-order chi connectivity index (χ1) is 17.7. The number of nitrogens with zero attached hydrogens (tertiary/aromatic N) is 7. The van der Waals surface area contributed by atoms with E-state index in [9.17, 15) is 0 Å². The number of fused-ring (bicyclic) bond motifs is 6. The van der Waals surface area contributed by atoms with Crippen molar-refractivity contribution < 1.29 is 14.2 Å². The summed E-state index contributed by atoms with van der Waals surface area (Å²) in [6.45, 7) is 11.2. The van der Waals surface area contributed by atoms with Crippen molar-refractivity contribution in [2.24, 2.45) is 7.05 Å². The van der Waals surface area contributed by atoms with Crippen molar-refractivity contribution in [3.8, 4) is 40.0 Å². The van der Waals surface area contributed by atoms with Crippen LogP contribution < -0.4 is 19.5 Å². The minimum Gasteiger partial charge on any atom is -0.490 e. The number of ether oxygens (including phenoxy) is 3. The van der Waals surface area contributed by atoms with Crippen molar-refractivity contribution in [2.75, 3.05) is 18.5 Å². The third-order valence-corrected chi connectivity index (χ3v) is 5.93. The first-order valence-corrected chi connectivity index (χ1v) is 12.4. The van der Waals surface area contributed by atoms with Crippen LogP contribution in [-0.4, -0.2) is 53.8 Å². The van der Waals surface area contributed by atoms with Crippen LogP contribution >= 0.6 is 0 Å². The Morgan fingerprint density at radius 1 is 1.14 bits per heavy atom. The summed E-state index contributed by atoms with van der Waals surface area (Å²) in [6, 6.07) is 3.66. The molecule has 4 bridgehead atoms. The maximum Gasteiger partial charge on any atom is 0.240 e. The van der Waals surface area contributed by atoms with Crippen LogP contribution in [-0.2, 0) is 12.6 Å². The normalized spacial score (nSPS) is 15.6. The van der Waals surface area contributed by atoms with Gasteiger partial charge in [0.25, 0.3) is 0 Å². The number of anilines is 2. The van der Waals surface area contributed by atoms with Crippen molar-refractivity contribution >= 4 is 11.6 Å². The zero-order valence-corrected chi connectivity index (χ0v) is 22.0. The molecule has 0 radical (unpaired) electrons. The quantitative estimate of drug-likeness (QED) is 0.428. The van der Waals surface area contributed by atoms with Gasteiger partial charge >= 0.3 is 0 Å². The number of rotatable bonds is 3. The third kappa shape index (κ3) is 5.07. The second kappa shape index (κ2) is 9.72. The standard InChI is InChI=1S/C26H32N8O3/c1-7-35-24-19(15-34(32-24)26(3,4)5)17-13-28-22-12-20(17)37-16(2)9-11-36-25-18(14-29-33(25)6)23-27-10-8-21(30-22)31-23/h8,10,12-16H,7,9,11H2,1-6H3,(H,27,28,30,31)/t16-/m0/s1. The molecule has 0 fully saturated rings. The summed E-state index contributed by atoms with van der Waals surface area (Å²) in [5.74, 6) is 3.51. The number of nitrogens with one attached hydrogen (secondary N) is 1. The molecule has 0 aromatic carbocycles. The molecule has 1 aliphatic heterocycles. The van der Waals surface area contributed by atoms with Crippen molar-refractivity contribution in [2.45, 2.75) is 52.7 Å². The van der Waals surface area contributed by atoms with Crippen LogP contribution in [0.2, 0.25) is 0 Å². The van der Waals surface area contributed by atoms with Gasteiger partial charge in [-0.3, -0.25) is 4.68 Å². The van der Waals surface area contributed by atoms with E-state index in [2.05, 4.69) is 46.1 Å². The van der Waals surface area contributed by atoms with Crippen molar-refractivity contribution in [1.82, 2.24) is 34.5 Å². The Hall–Kier alpha value is -4.15. The molecule has 0 unspecified atom stereocenters. The highest BCUT2D eigenvalue weighted by atomic mass is 16.5. The van der Waals surface area contributed by atoms with Gasteiger partial charge in [-0.1, -0.05) is 0 Å². The van der Waals surface area contributed by atoms with Gasteiger partial charge in [0.2, 0.25) is 11.8 Å². The Bertz CT molecular complexity index is 1410. The first kappa shape index (κ1) is 24.5. The lowest BCUT2D eigenvalue weighted by Crippen LogP contribution is -2.22. The molecule has 0 saturated carbocycles. The largest absolute Gasteiger partial charge is 0.490 e. The van der Waals surface area contributed by atoms with Gasteiger partial charge in [0, 0.05) is 43.7 Å². The maximum atomic E-state index is 6.46. The predicted octanol–water partition coefficient (Wildman–Crippen LogP) is 4.58. The van der Waals surface area contributed by atoms with Crippen molar-refractivity contribution in [3.63, 3.8) is 0 Å². The molecule has 11 nitrogen and oxygen atoms in total. The average Bonchev–Trinajstić information content (AvgIpc) is 3.43. The smallest absolute Gasteiger partial charge is 0.240 e. The molecule has 0 amide bonds. The molecule has 11 heteroatoms. The van der Waals surface area contributed by atoms with Crippen LogP contribution in [0, 0.1) is 0 Å². The van der Waals surface area contributed by atoms with Crippen molar-refractivity contribution in [3.05, 3.63) is 36.9 Å². The Morgan fingerprint density at radius 2 is 1.97 bits per heavy atom. The van der Waals surface area contributed by atoms with Crippen LogP contribution in [0.5, 0.6) is 17.5 Å². The van der Waals surface area contributed by atoms with E-state index in [0.717, 1.165) is 16.7 Å². The van der Waals surface area contributed by atoms with Gasteiger partial charge in [0.1, 0.15) is 22.9 Å². The highest BCUT2D eigenvalue weighted by molar-refractivity contribution is 5.75. The molecular weight excluding hydrogens is 472 g/mol. The average molecular weight is 505 g/mol. The Kier molecular flexibility index (Phi) is 6.45. The number of aromatic nitrogens is 7. The fraction of sp³-hybridized carbons (Fsp3) is 0.423. The van der Waals surface area contributed by atoms with Crippen LogP contribution in [0.25, 0.3) is 22.5 Å². The first-order valence-electron chi connectivity index (χ1n) is 12.4. The summed E-state index contributed by atoms with van der Waals surface area (Å²) in [5.41, 5.74) is 2.12. The fourth-order valence-corrected chi connectivity index (χ4v) is 3.97. The predicted molar refractivity (Wildman–Crippen MR) is 139 cm³/mol. The minimum absolute atomic E-state index is 0.143. The van der Waals surface area contributed by atoms with Gasteiger partial charge in [0.15, 0.2) is 5.82 Å². The van der Waals surface area contributed by atoms with E-state index in [-0.39, 0.29) is 11.6 Å². The number of aryl methyl sites for hydroxylation is 1. The molecule has 5 heterocycles. The lowest BCUT2D eigenvalue weighted by Gasteiger charge is -2.20. The fourth-order valence-electron chi connectivity index (χ4n) is 3.97. The zero-order chi connectivity index (χ0) is 26.2. The summed E-state index contributed by atoms with van der Waals surface area (Å²) >= 11 is 0. The second-order valence-corrected chi connectivity index (χ2v) is 9.91. The van der Waals surface area contributed by atoms with E-state index in [0.29, 0.717) is 54.6 Å². The number of hydrogen-bond donors (Lipinski definition) is 1. The topological polar surface area (TPSA) is 114 Å². The SMILES string of the molecule is CCOc1nn(C(C)(C)C)cc1-c1cnc2cc1O[C@@H](C)CCOc1c(cnn1C)-c1nccc(n1)N2. The van der Waals surface area contributed by atoms with Crippen LogP contribution in [0.1, 0.15) is 41.0 Å². The molecule has 0 spiro atoms. The highest BCUT2D eigenvalue weighted by Crippen LogP contribution is 2.39. The minimum atomic E-state index is -0.214. The van der Waals surface area contributed by atoms with Crippen LogP contribution in [0.15, 0.2) is 36.9 Å². The number of hydrogen-bond acceptors (Lipinski definition) is 9. The van der Waals surface area contributed by atoms with E-state index < -0.39 is 0 Å². The Morgan fingerprint density at radius 3 is 2.76 bits per heavy atom. The molecule has 4 aromatic heterocycles. The monoisotopic (exact) mass is 504 g/mol. The lowest BCUT2D eigenvalue weighted by molar-refractivity contribution is 0.173. The number of pyridine rings is 1. The summed E-state index contributed by atoms with van der Waals surface area (Å²) in [5, 5.41) is 12.3. The summed E-state index contributed by atoms with van der Waals surface area (Å²) < 4.78 is 22.1. The van der Waals surface area contributed by atoms with E-state index in [1.807, 2.05) is 37.8 Å². The van der Waals surface area contributed by atoms with Crippen molar-refractivity contribution in [1.29, 1.82) is 0 Å². The van der Waals surface area contributed by atoms with Gasteiger partial charge in [0.05, 0.1) is 36.6 Å². The third-order valence-electron chi connectivity index (χ3n) is 5.93.